The van der Waals surface area contributed by atoms with Crippen molar-refractivity contribution in [2.75, 3.05) is 0 Å². The van der Waals surface area contributed by atoms with Gasteiger partial charge in [-0.2, -0.15) is 0 Å². The molecule has 3 atom stereocenters. The maximum atomic E-state index is 13.7. The lowest BCUT2D eigenvalue weighted by Crippen LogP contribution is -2.32. The van der Waals surface area contributed by atoms with Crippen LogP contribution >= 0.6 is 16.1 Å². The molecule has 0 aliphatic heterocycles. The Balaban J connectivity index is 1.45. The standard InChI is InChI=1S/C40H52O6P2/c1-11-39(10,43-36-28(4)16-14-17-29(36)5)47(41)45-34-24-20-32(21-25-34)38(8,9)33-22-26-35(27-23-33)46-48(42)40(12-2,13-3)44-37-30(6)18-15-19-31(37)7/h14-27,47-48H,11-13H2,1-10H3. The van der Waals surface area contributed by atoms with Crippen LogP contribution in [0.2, 0.25) is 0 Å². The van der Waals surface area contributed by atoms with Crippen LogP contribution in [0.4, 0.5) is 0 Å². The van der Waals surface area contributed by atoms with Gasteiger partial charge < -0.3 is 18.5 Å². The van der Waals surface area contributed by atoms with Crippen molar-refractivity contribution in [2.24, 2.45) is 0 Å². The molecule has 0 spiro atoms. The normalized spacial score (nSPS) is 14.5. The molecule has 4 aromatic carbocycles. The number of aryl methyl sites for hydroxylation is 4. The Bertz CT molecular complexity index is 1700. The molecule has 6 nitrogen and oxygen atoms in total. The maximum Gasteiger partial charge on any atom is 0.278 e. The van der Waals surface area contributed by atoms with Crippen LogP contribution in [0.25, 0.3) is 0 Å². The van der Waals surface area contributed by atoms with Crippen LogP contribution in [0.1, 0.15) is 94.2 Å². The third kappa shape index (κ3) is 8.04. The minimum atomic E-state index is -2.64. The minimum Gasteiger partial charge on any atom is -0.476 e. The van der Waals surface area contributed by atoms with Crippen molar-refractivity contribution in [3.05, 3.63) is 118 Å². The number of rotatable bonds is 15. The van der Waals surface area contributed by atoms with Crippen LogP contribution in [0.15, 0.2) is 84.9 Å². The predicted octanol–water partition coefficient (Wildman–Crippen LogP) is 11.8. The number of hydrogen-bond acceptors (Lipinski definition) is 6. The summed E-state index contributed by atoms with van der Waals surface area (Å²) >= 11 is 0. The third-order valence-corrected chi connectivity index (χ3v) is 13.4. The highest BCUT2D eigenvalue weighted by molar-refractivity contribution is 7.41. The van der Waals surface area contributed by atoms with Crippen molar-refractivity contribution in [3.8, 4) is 23.0 Å². The van der Waals surface area contributed by atoms with Gasteiger partial charge in [-0.15, -0.1) is 0 Å². The minimum absolute atomic E-state index is 0.348. The number of hydrogen-bond donors (Lipinski definition) is 0. The Morgan fingerprint density at radius 2 is 0.896 bits per heavy atom. The van der Waals surface area contributed by atoms with E-state index in [0.29, 0.717) is 30.8 Å². The second-order valence-electron chi connectivity index (χ2n) is 13.4. The second-order valence-corrected chi connectivity index (χ2v) is 16.9. The van der Waals surface area contributed by atoms with E-state index in [1.807, 2.05) is 140 Å². The third-order valence-electron chi connectivity index (χ3n) is 9.64. The maximum absolute atomic E-state index is 13.7. The van der Waals surface area contributed by atoms with Gasteiger partial charge in [0.1, 0.15) is 23.0 Å². The average molecular weight is 691 g/mol. The van der Waals surface area contributed by atoms with Crippen molar-refractivity contribution in [2.45, 2.75) is 105 Å². The van der Waals surface area contributed by atoms with Gasteiger partial charge in [0.15, 0.2) is 10.7 Å². The first-order valence-corrected chi connectivity index (χ1v) is 19.5. The monoisotopic (exact) mass is 690 g/mol. The SMILES string of the molecule is CCC(C)(Oc1c(C)cccc1C)[PH](=O)Oc1ccc(C(C)(C)c2ccc(O[PH](=O)C(CC)(CC)Oc3c(C)cccc3C)cc2)cc1. The van der Waals surface area contributed by atoms with Crippen LogP contribution in [-0.2, 0) is 14.5 Å². The lowest BCUT2D eigenvalue weighted by molar-refractivity contribution is 0.133. The molecule has 0 saturated heterocycles. The highest BCUT2D eigenvalue weighted by atomic mass is 31.1. The first kappa shape index (κ1) is 37.4. The number of para-hydroxylation sites is 2. The number of benzene rings is 4. The fourth-order valence-corrected chi connectivity index (χ4v) is 8.12. The first-order valence-electron chi connectivity index (χ1n) is 16.9. The van der Waals surface area contributed by atoms with Crippen LogP contribution in [0, 0.1) is 27.7 Å². The van der Waals surface area contributed by atoms with E-state index in [9.17, 15) is 9.13 Å². The zero-order valence-electron chi connectivity index (χ0n) is 30.2. The Morgan fingerprint density at radius 1 is 0.521 bits per heavy atom. The van der Waals surface area contributed by atoms with Crippen molar-refractivity contribution >= 4 is 16.1 Å². The van der Waals surface area contributed by atoms with Crippen molar-refractivity contribution in [3.63, 3.8) is 0 Å². The van der Waals surface area contributed by atoms with E-state index in [1.54, 1.807) is 0 Å². The fraction of sp³-hybridized carbons (Fsp3) is 0.400. The molecule has 0 amide bonds. The van der Waals surface area contributed by atoms with Crippen molar-refractivity contribution < 1.29 is 27.7 Å². The van der Waals surface area contributed by atoms with E-state index in [-0.39, 0.29) is 5.41 Å². The van der Waals surface area contributed by atoms with E-state index in [0.717, 1.165) is 44.9 Å². The lowest BCUT2D eigenvalue weighted by Gasteiger charge is -2.33. The summed E-state index contributed by atoms with van der Waals surface area (Å²) < 4.78 is 52.2. The highest BCUT2D eigenvalue weighted by Gasteiger charge is 2.39. The highest BCUT2D eigenvalue weighted by Crippen LogP contribution is 2.49. The molecule has 0 bridgehead atoms. The van der Waals surface area contributed by atoms with E-state index in [2.05, 4.69) is 13.8 Å². The predicted molar refractivity (Wildman–Crippen MR) is 199 cm³/mol. The molecular formula is C40H52O6P2. The number of ether oxygens (including phenoxy) is 2. The molecule has 0 saturated carbocycles. The molecule has 0 aromatic heterocycles. The van der Waals surface area contributed by atoms with Gasteiger partial charge >= 0.3 is 0 Å². The fourth-order valence-electron chi connectivity index (χ4n) is 5.78. The van der Waals surface area contributed by atoms with Gasteiger partial charge in [-0.25, -0.2) is 0 Å². The molecule has 0 fully saturated rings. The average Bonchev–Trinajstić information content (AvgIpc) is 3.07. The summed E-state index contributed by atoms with van der Waals surface area (Å²) in [6.45, 7) is 20.1. The van der Waals surface area contributed by atoms with Crippen molar-refractivity contribution in [1.82, 2.24) is 0 Å². The summed E-state index contributed by atoms with van der Waals surface area (Å²) in [4.78, 5) is 0. The van der Waals surface area contributed by atoms with Gasteiger partial charge in [-0.1, -0.05) is 95.3 Å². The van der Waals surface area contributed by atoms with E-state index >= 15 is 0 Å². The second kappa shape index (κ2) is 15.4. The van der Waals surface area contributed by atoms with Crippen LogP contribution in [-0.4, -0.2) is 10.7 Å². The van der Waals surface area contributed by atoms with Gasteiger partial charge in [0.2, 0.25) is 0 Å². The van der Waals surface area contributed by atoms with E-state index < -0.39 is 26.7 Å². The van der Waals surface area contributed by atoms with Gasteiger partial charge in [0.05, 0.1) is 0 Å². The topological polar surface area (TPSA) is 71.1 Å². The molecule has 0 heterocycles. The summed E-state index contributed by atoms with van der Waals surface area (Å²) in [5, 5.41) is -1.86. The summed E-state index contributed by atoms with van der Waals surface area (Å²) in [5.41, 5.74) is 5.82. The Hall–Kier alpha value is -3.46. The van der Waals surface area contributed by atoms with Gasteiger partial charge in [-0.05, 0) is 112 Å². The quantitative estimate of drug-likeness (QED) is 0.116. The lowest BCUT2D eigenvalue weighted by atomic mass is 9.78. The molecule has 4 rings (SSSR count). The summed E-state index contributed by atoms with van der Waals surface area (Å²) in [7, 11) is -5.27. The zero-order valence-corrected chi connectivity index (χ0v) is 32.2. The molecule has 258 valence electrons. The Morgan fingerprint density at radius 3 is 1.27 bits per heavy atom. The van der Waals surface area contributed by atoms with Gasteiger partial charge in [0.25, 0.3) is 16.1 Å². The van der Waals surface area contributed by atoms with Crippen LogP contribution < -0.4 is 18.5 Å². The molecule has 8 heteroatoms. The van der Waals surface area contributed by atoms with E-state index in [4.69, 9.17) is 18.5 Å². The molecule has 48 heavy (non-hydrogen) atoms. The molecule has 0 aliphatic carbocycles. The summed E-state index contributed by atoms with van der Waals surface area (Å²) in [6.07, 6.45) is 1.66. The summed E-state index contributed by atoms with van der Waals surface area (Å²) in [5.74, 6) is 2.61. The largest absolute Gasteiger partial charge is 0.476 e. The summed E-state index contributed by atoms with van der Waals surface area (Å²) in [6, 6.07) is 27.5. The molecule has 3 unspecified atom stereocenters. The van der Waals surface area contributed by atoms with Gasteiger partial charge in [-0.3, -0.25) is 9.13 Å². The Labute approximate surface area is 288 Å². The zero-order chi connectivity index (χ0) is 35.3. The molecule has 0 N–H and O–H groups in total. The van der Waals surface area contributed by atoms with Crippen molar-refractivity contribution in [1.29, 1.82) is 0 Å². The van der Waals surface area contributed by atoms with Gasteiger partial charge in [0, 0.05) is 5.41 Å². The van der Waals surface area contributed by atoms with E-state index in [1.165, 1.54) is 0 Å². The molecule has 0 radical (unpaired) electrons. The smallest absolute Gasteiger partial charge is 0.278 e. The molecular weight excluding hydrogens is 638 g/mol. The first-order chi connectivity index (χ1) is 22.7. The van der Waals surface area contributed by atoms with Crippen LogP contribution in [0.5, 0.6) is 23.0 Å². The molecule has 0 aliphatic rings. The molecule has 4 aromatic rings. The Kier molecular flexibility index (Phi) is 12.0. The van der Waals surface area contributed by atoms with Crippen LogP contribution in [0.3, 0.4) is 0 Å².